The molecule has 3 nitrogen and oxygen atoms in total. The zero-order valence-electron chi connectivity index (χ0n) is 10.4. The minimum absolute atomic E-state index is 0.0418. The Morgan fingerprint density at radius 1 is 1.50 bits per heavy atom. The molecule has 2 rings (SSSR count). The van der Waals surface area contributed by atoms with Crippen molar-refractivity contribution in [2.24, 2.45) is 5.73 Å². The van der Waals surface area contributed by atoms with Crippen LogP contribution < -0.4 is 10.6 Å². The van der Waals surface area contributed by atoms with Gasteiger partial charge in [-0.3, -0.25) is 0 Å². The maximum absolute atomic E-state index is 6.00. The van der Waals surface area contributed by atoms with Gasteiger partial charge in [0, 0.05) is 29.9 Å². The van der Waals surface area contributed by atoms with E-state index >= 15 is 0 Å². The summed E-state index contributed by atoms with van der Waals surface area (Å²) in [5.41, 5.74) is 7.36. The largest absolute Gasteiger partial charge is 0.351 e. The number of hydrogen-bond acceptors (Lipinski definition) is 3. The number of aromatic nitrogens is 1. The molecule has 1 aliphatic rings. The molecule has 0 spiro atoms. The first-order valence-corrected chi connectivity index (χ1v) is 6.00. The van der Waals surface area contributed by atoms with Crippen LogP contribution in [0.15, 0.2) is 18.3 Å². The van der Waals surface area contributed by atoms with Crippen LogP contribution in [0, 0.1) is 0 Å². The van der Waals surface area contributed by atoms with Gasteiger partial charge < -0.3 is 10.6 Å². The van der Waals surface area contributed by atoms with E-state index in [9.17, 15) is 0 Å². The average molecular weight is 219 g/mol. The van der Waals surface area contributed by atoms with Crippen molar-refractivity contribution in [2.75, 3.05) is 11.4 Å². The second kappa shape index (κ2) is 4.06. The van der Waals surface area contributed by atoms with Crippen molar-refractivity contribution in [2.45, 2.75) is 45.2 Å². The second-order valence-electron chi connectivity index (χ2n) is 5.27. The first kappa shape index (κ1) is 11.4. The minimum Gasteiger partial charge on any atom is -0.351 e. The lowest BCUT2D eigenvalue weighted by Crippen LogP contribution is -2.39. The van der Waals surface area contributed by atoms with Gasteiger partial charge in [0.15, 0.2) is 0 Å². The summed E-state index contributed by atoms with van der Waals surface area (Å²) >= 11 is 0. The molecule has 88 valence electrons. The van der Waals surface area contributed by atoms with E-state index in [-0.39, 0.29) is 11.6 Å². The highest BCUT2D eigenvalue weighted by Crippen LogP contribution is 2.35. The second-order valence-corrected chi connectivity index (χ2v) is 5.27. The summed E-state index contributed by atoms with van der Waals surface area (Å²) in [7, 11) is 0. The lowest BCUT2D eigenvalue weighted by molar-refractivity contribution is 0.512. The van der Waals surface area contributed by atoms with Crippen molar-refractivity contribution in [3.8, 4) is 0 Å². The highest BCUT2D eigenvalue weighted by Gasteiger charge is 2.34. The molecule has 1 fully saturated rings. The van der Waals surface area contributed by atoms with Crippen molar-refractivity contribution in [3.63, 3.8) is 0 Å². The van der Waals surface area contributed by atoms with Crippen molar-refractivity contribution >= 4 is 5.82 Å². The van der Waals surface area contributed by atoms with Crippen LogP contribution in [0.4, 0.5) is 5.82 Å². The van der Waals surface area contributed by atoms with Gasteiger partial charge in [-0.2, -0.15) is 0 Å². The molecule has 2 N–H and O–H groups in total. The third-order valence-electron chi connectivity index (χ3n) is 3.46. The first-order valence-electron chi connectivity index (χ1n) is 6.00. The van der Waals surface area contributed by atoms with Crippen LogP contribution in [-0.4, -0.2) is 17.1 Å². The average Bonchev–Trinajstić information content (AvgIpc) is 2.58. The Morgan fingerprint density at radius 2 is 2.25 bits per heavy atom. The maximum atomic E-state index is 6.00. The quantitative estimate of drug-likeness (QED) is 0.831. The number of nitrogens with zero attached hydrogens (tertiary/aromatic N) is 2. The highest BCUT2D eigenvalue weighted by atomic mass is 15.3. The van der Waals surface area contributed by atoms with E-state index in [1.807, 2.05) is 19.2 Å². The van der Waals surface area contributed by atoms with E-state index < -0.39 is 0 Å². The molecule has 2 heterocycles. The molecule has 0 saturated carbocycles. The number of rotatable bonds is 2. The summed E-state index contributed by atoms with van der Waals surface area (Å²) < 4.78 is 0. The van der Waals surface area contributed by atoms with E-state index in [4.69, 9.17) is 5.73 Å². The molecular weight excluding hydrogens is 198 g/mol. The third-order valence-corrected chi connectivity index (χ3v) is 3.46. The maximum Gasteiger partial charge on any atom is 0.133 e. The van der Waals surface area contributed by atoms with Gasteiger partial charge in [-0.05, 0) is 39.7 Å². The first-order chi connectivity index (χ1) is 7.52. The molecule has 0 amide bonds. The standard InChI is InChI=1S/C13H21N3/c1-10(14)11-6-4-8-15-12(11)16-9-5-7-13(16,2)3/h4,6,8,10H,5,7,9,14H2,1-3H3/t10-/m0/s1. The Labute approximate surface area is 97.7 Å². The molecule has 1 atom stereocenters. The van der Waals surface area contributed by atoms with Gasteiger partial charge in [-0.1, -0.05) is 6.07 Å². The van der Waals surface area contributed by atoms with Crippen LogP contribution in [-0.2, 0) is 0 Å². The van der Waals surface area contributed by atoms with Crippen molar-refractivity contribution in [3.05, 3.63) is 23.9 Å². The van der Waals surface area contributed by atoms with Crippen LogP contribution in [0.3, 0.4) is 0 Å². The number of nitrogens with two attached hydrogens (primary N) is 1. The summed E-state index contributed by atoms with van der Waals surface area (Å²) in [6, 6.07) is 4.09. The normalized spacial score (nSPS) is 21.1. The summed E-state index contributed by atoms with van der Waals surface area (Å²) in [4.78, 5) is 6.92. The van der Waals surface area contributed by atoms with E-state index in [0.717, 1.165) is 17.9 Å². The number of anilines is 1. The Balaban J connectivity index is 2.40. The van der Waals surface area contributed by atoms with Crippen LogP contribution in [0.1, 0.15) is 45.2 Å². The monoisotopic (exact) mass is 219 g/mol. The van der Waals surface area contributed by atoms with Gasteiger partial charge in [0.2, 0.25) is 0 Å². The molecule has 0 bridgehead atoms. The molecular formula is C13H21N3. The fourth-order valence-corrected chi connectivity index (χ4v) is 2.49. The zero-order chi connectivity index (χ0) is 11.8. The molecule has 1 aliphatic heterocycles. The van der Waals surface area contributed by atoms with E-state index in [1.54, 1.807) is 0 Å². The number of pyridine rings is 1. The molecule has 0 unspecified atom stereocenters. The van der Waals surface area contributed by atoms with Crippen LogP contribution >= 0.6 is 0 Å². The van der Waals surface area contributed by atoms with Gasteiger partial charge in [0.1, 0.15) is 5.82 Å². The minimum atomic E-state index is 0.0418. The summed E-state index contributed by atoms with van der Waals surface area (Å²) in [5.74, 6) is 1.07. The van der Waals surface area contributed by atoms with Gasteiger partial charge in [0.05, 0.1) is 0 Å². The van der Waals surface area contributed by atoms with E-state index in [2.05, 4.69) is 29.8 Å². The van der Waals surface area contributed by atoms with Gasteiger partial charge >= 0.3 is 0 Å². The van der Waals surface area contributed by atoms with E-state index in [0.29, 0.717) is 0 Å². The lowest BCUT2D eigenvalue weighted by Gasteiger charge is -2.34. The zero-order valence-corrected chi connectivity index (χ0v) is 10.4. The van der Waals surface area contributed by atoms with Gasteiger partial charge in [-0.25, -0.2) is 4.98 Å². The molecule has 16 heavy (non-hydrogen) atoms. The van der Waals surface area contributed by atoms with Gasteiger partial charge in [0.25, 0.3) is 0 Å². The van der Waals surface area contributed by atoms with Crippen LogP contribution in [0.2, 0.25) is 0 Å². The topological polar surface area (TPSA) is 42.1 Å². The fraction of sp³-hybridized carbons (Fsp3) is 0.615. The molecule has 0 aromatic carbocycles. The number of hydrogen-bond donors (Lipinski definition) is 1. The predicted octanol–water partition coefficient (Wildman–Crippen LogP) is 2.48. The van der Waals surface area contributed by atoms with Crippen LogP contribution in [0.5, 0.6) is 0 Å². The third kappa shape index (κ3) is 1.92. The Kier molecular flexibility index (Phi) is 2.89. The lowest BCUT2D eigenvalue weighted by atomic mass is 10.0. The molecule has 1 aromatic rings. The SMILES string of the molecule is C[C@H](N)c1cccnc1N1CCCC1(C)C. The van der Waals surface area contributed by atoms with Gasteiger partial charge in [-0.15, -0.1) is 0 Å². The highest BCUT2D eigenvalue weighted by molar-refractivity contribution is 5.51. The molecule has 0 aliphatic carbocycles. The molecule has 1 aromatic heterocycles. The van der Waals surface area contributed by atoms with E-state index in [1.165, 1.54) is 12.8 Å². The van der Waals surface area contributed by atoms with Crippen LogP contribution in [0.25, 0.3) is 0 Å². The smallest absolute Gasteiger partial charge is 0.133 e. The molecule has 3 heteroatoms. The molecule has 0 radical (unpaired) electrons. The predicted molar refractivity (Wildman–Crippen MR) is 67.5 cm³/mol. The van der Waals surface area contributed by atoms with Crippen molar-refractivity contribution in [1.82, 2.24) is 4.98 Å². The fourth-order valence-electron chi connectivity index (χ4n) is 2.49. The summed E-state index contributed by atoms with van der Waals surface area (Å²) in [6.45, 7) is 7.66. The Bertz CT molecular complexity index is 371. The summed E-state index contributed by atoms with van der Waals surface area (Å²) in [5, 5.41) is 0. The van der Waals surface area contributed by atoms with Crippen molar-refractivity contribution in [1.29, 1.82) is 0 Å². The Morgan fingerprint density at radius 3 is 2.81 bits per heavy atom. The molecule has 1 saturated heterocycles. The Hall–Kier alpha value is -1.09. The summed E-state index contributed by atoms with van der Waals surface area (Å²) in [6.07, 6.45) is 4.32. The van der Waals surface area contributed by atoms with Crippen molar-refractivity contribution < 1.29 is 0 Å².